The summed E-state index contributed by atoms with van der Waals surface area (Å²) in [6.07, 6.45) is -0.991. The van der Waals surface area contributed by atoms with E-state index in [-0.39, 0.29) is 6.61 Å². The fourth-order valence-electron chi connectivity index (χ4n) is 2.56. The Labute approximate surface area is 136 Å². The van der Waals surface area contributed by atoms with E-state index in [2.05, 4.69) is 5.32 Å². The van der Waals surface area contributed by atoms with Gasteiger partial charge < -0.3 is 15.2 Å². The van der Waals surface area contributed by atoms with E-state index in [1.807, 2.05) is 30.3 Å². The number of carbonyl (C=O) groups is 2. The van der Waals surface area contributed by atoms with Crippen molar-refractivity contribution in [2.75, 3.05) is 6.54 Å². The molecule has 6 heteroatoms. The van der Waals surface area contributed by atoms with Crippen LogP contribution in [-0.2, 0) is 16.1 Å². The third-order valence-corrected chi connectivity index (χ3v) is 3.73. The standard InChI is InChI=1S/C17H24N2O4/c1-17(2,3)19(15(21)14-13(20)9-10-18-14)16(22)23-11-12-7-5-4-6-8-12/h4-8,13-14,18,20H,9-11H2,1-3H3/t13?,14-/m0/s1. The summed E-state index contributed by atoms with van der Waals surface area (Å²) < 4.78 is 5.29. The number of nitrogens with zero attached hydrogens (tertiary/aromatic N) is 1. The molecule has 6 nitrogen and oxygen atoms in total. The van der Waals surface area contributed by atoms with Crippen LogP contribution in [0, 0.1) is 0 Å². The smallest absolute Gasteiger partial charge is 0.417 e. The van der Waals surface area contributed by atoms with E-state index in [4.69, 9.17) is 4.74 Å². The summed E-state index contributed by atoms with van der Waals surface area (Å²) in [5.74, 6) is -0.458. The van der Waals surface area contributed by atoms with Gasteiger partial charge in [-0.3, -0.25) is 4.79 Å². The van der Waals surface area contributed by atoms with Gasteiger partial charge >= 0.3 is 6.09 Å². The van der Waals surface area contributed by atoms with Crippen LogP contribution in [0.5, 0.6) is 0 Å². The van der Waals surface area contributed by atoms with Gasteiger partial charge in [0.2, 0.25) is 0 Å². The minimum absolute atomic E-state index is 0.0974. The molecule has 1 aromatic rings. The second kappa shape index (κ2) is 7.10. The lowest BCUT2D eigenvalue weighted by molar-refractivity contribution is -0.137. The van der Waals surface area contributed by atoms with Gasteiger partial charge in [0.25, 0.3) is 5.91 Å². The van der Waals surface area contributed by atoms with Crippen LogP contribution in [0.15, 0.2) is 30.3 Å². The Bertz CT molecular complexity index is 553. The fraction of sp³-hybridized carbons (Fsp3) is 0.529. The second-order valence-electron chi connectivity index (χ2n) is 6.67. The highest BCUT2D eigenvalue weighted by Gasteiger charge is 2.41. The number of hydrogen-bond acceptors (Lipinski definition) is 5. The fourth-order valence-corrected chi connectivity index (χ4v) is 2.56. The molecule has 0 aromatic heterocycles. The lowest BCUT2D eigenvalue weighted by Crippen LogP contribution is -2.57. The maximum atomic E-state index is 12.7. The number of carbonyl (C=O) groups excluding carboxylic acids is 2. The van der Waals surface area contributed by atoms with E-state index in [1.54, 1.807) is 20.8 Å². The molecule has 1 aromatic carbocycles. The topological polar surface area (TPSA) is 78.9 Å². The molecule has 23 heavy (non-hydrogen) atoms. The summed E-state index contributed by atoms with van der Waals surface area (Å²) in [5.41, 5.74) is 0.107. The first kappa shape index (κ1) is 17.4. The summed E-state index contributed by atoms with van der Waals surface area (Å²) in [7, 11) is 0. The van der Waals surface area contributed by atoms with Crippen LogP contribution in [0.4, 0.5) is 4.79 Å². The highest BCUT2D eigenvalue weighted by atomic mass is 16.6. The van der Waals surface area contributed by atoms with Crippen molar-refractivity contribution in [2.45, 2.75) is 51.5 Å². The molecule has 1 aliphatic heterocycles. The minimum Gasteiger partial charge on any atom is -0.444 e. The number of ether oxygens (including phenoxy) is 1. The van der Waals surface area contributed by atoms with Gasteiger partial charge in [0.05, 0.1) is 6.10 Å². The number of nitrogens with one attached hydrogen (secondary N) is 1. The van der Waals surface area contributed by atoms with Crippen LogP contribution in [0.1, 0.15) is 32.8 Å². The molecular weight excluding hydrogens is 296 g/mol. The molecular formula is C17H24N2O4. The normalized spacial score (nSPS) is 21.0. The molecule has 0 aliphatic carbocycles. The molecule has 0 saturated carbocycles. The van der Waals surface area contributed by atoms with E-state index in [0.29, 0.717) is 13.0 Å². The summed E-state index contributed by atoms with van der Waals surface area (Å²) in [6.45, 7) is 5.93. The first-order valence-corrected chi connectivity index (χ1v) is 7.77. The van der Waals surface area contributed by atoms with Crippen molar-refractivity contribution in [1.82, 2.24) is 10.2 Å². The highest BCUT2D eigenvalue weighted by molar-refractivity contribution is 5.96. The molecule has 1 aliphatic rings. The summed E-state index contributed by atoms with van der Waals surface area (Å²) in [5, 5.41) is 12.8. The predicted molar refractivity (Wildman–Crippen MR) is 85.6 cm³/mol. The molecule has 2 atom stereocenters. The van der Waals surface area contributed by atoms with Gasteiger partial charge in [0.1, 0.15) is 12.6 Å². The molecule has 2 rings (SSSR count). The van der Waals surface area contributed by atoms with Crippen molar-refractivity contribution < 1.29 is 19.4 Å². The van der Waals surface area contributed by atoms with E-state index in [0.717, 1.165) is 10.5 Å². The molecule has 0 spiro atoms. The van der Waals surface area contributed by atoms with E-state index in [9.17, 15) is 14.7 Å². The van der Waals surface area contributed by atoms with Crippen molar-refractivity contribution >= 4 is 12.0 Å². The zero-order valence-corrected chi connectivity index (χ0v) is 13.8. The van der Waals surface area contributed by atoms with E-state index < -0.39 is 29.7 Å². The zero-order chi connectivity index (χ0) is 17.0. The first-order valence-electron chi connectivity index (χ1n) is 7.77. The van der Waals surface area contributed by atoms with Gasteiger partial charge in [-0.05, 0) is 39.3 Å². The summed E-state index contributed by atoms with van der Waals surface area (Å²) in [4.78, 5) is 26.2. The van der Waals surface area contributed by atoms with Crippen LogP contribution in [0.2, 0.25) is 0 Å². The second-order valence-corrected chi connectivity index (χ2v) is 6.67. The van der Waals surface area contributed by atoms with Crippen LogP contribution in [-0.4, -0.2) is 46.2 Å². The van der Waals surface area contributed by atoms with Gasteiger partial charge in [-0.2, -0.15) is 0 Å². The minimum atomic E-state index is -0.783. The number of rotatable bonds is 3. The highest BCUT2D eigenvalue weighted by Crippen LogP contribution is 2.20. The lowest BCUT2D eigenvalue weighted by atomic mass is 10.0. The molecule has 126 valence electrons. The van der Waals surface area contributed by atoms with Crippen molar-refractivity contribution in [3.63, 3.8) is 0 Å². The molecule has 2 amide bonds. The quantitative estimate of drug-likeness (QED) is 0.886. The van der Waals surface area contributed by atoms with Gasteiger partial charge in [-0.25, -0.2) is 9.69 Å². The molecule has 1 fully saturated rings. The Kier molecular flexibility index (Phi) is 5.38. The molecule has 0 bridgehead atoms. The molecule has 1 saturated heterocycles. The first-order chi connectivity index (χ1) is 10.8. The largest absolute Gasteiger partial charge is 0.444 e. The number of aliphatic hydroxyl groups excluding tert-OH is 1. The maximum Gasteiger partial charge on any atom is 0.417 e. The van der Waals surface area contributed by atoms with E-state index >= 15 is 0 Å². The summed E-state index contributed by atoms with van der Waals surface area (Å²) >= 11 is 0. The SMILES string of the molecule is CC(C)(C)N(C(=O)OCc1ccccc1)C(=O)[C@H]1NCCC1O. The van der Waals surface area contributed by atoms with Crippen LogP contribution >= 0.6 is 0 Å². The van der Waals surface area contributed by atoms with Crippen LogP contribution < -0.4 is 5.32 Å². The Balaban J connectivity index is 2.08. The molecule has 1 heterocycles. The summed E-state index contributed by atoms with van der Waals surface area (Å²) in [6, 6.07) is 8.52. The number of amides is 2. The van der Waals surface area contributed by atoms with Gasteiger partial charge in [0, 0.05) is 5.54 Å². The van der Waals surface area contributed by atoms with Crippen molar-refractivity contribution in [1.29, 1.82) is 0 Å². The number of hydrogen-bond donors (Lipinski definition) is 2. The number of imide groups is 1. The molecule has 0 radical (unpaired) electrons. The zero-order valence-electron chi connectivity index (χ0n) is 13.8. The average Bonchev–Trinajstić information content (AvgIpc) is 2.91. The van der Waals surface area contributed by atoms with Crippen molar-refractivity contribution in [3.05, 3.63) is 35.9 Å². The van der Waals surface area contributed by atoms with Crippen molar-refractivity contribution in [2.24, 2.45) is 0 Å². The Morgan fingerprint density at radius 1 is 1.30 bits per heavy atom. The lowest BCUT2D eigenvalue weighted by Gasteiger charge is -2.35. The third kappa shape index (κ3) is 4.30. The Morgan fingerprint density at radius 2 is 1.96 bits per heavy atom. The number of aliphatic hydroxyl groups is 1. The van der Waals surface area contributed by atoms with Crippen LogP contribution in [0.3, 0.4) is 0 Å². The average molecular weight is 320 g/mol. The van der Waals surface area contributed by atoms with Crippen LogP contribution in [0.25, 0.3) is 0 Å². The Hall–Kier alpha value is -1.92. The van der Waals surface area contributed by atoms with Gasteiger partial charge in [-0.1, -0.05) is 30.3 Å². The van der Waals surface area contributed by atoms with Gasteiger partial charge in [-0.15, -0.1) is 0 Å². The molecule has 2 N–H and O–H groups in total. The van der Waals surface area contributed by atoms with Gasteiger partial charge in [0.15, 0.2) is 0 Å². The predicted octanol–water partition coefficient (Wildman–Crippen LogP) is 1.67. The monoisotopic (exact) mass is 320 g/mol. The Morgan fingerprint density at radius 3 is 2.48 bits per heavy atom. The van der Waals surface area contributed by atoms with E-state index in [1.165, 1.54) is 0 Å². The third-order valence-electron chi connectivity index (χ3n) is 3.73. The van der Waals surface area contributed by atoms with Crippen molar-refractivity contribution in [3.8, 4) is 0 Å². The molecule has 1 unspecified atom stereocenters. The number of benzene rings is 1. The maximum absolute atomic E-state index is 12.7.